The molecule has 2 aromatic carbocycles. The first-order valence-electron chi connectivity index (χ1n) is 6.39. The summed E-state index contributed by atoms with van der Waals surface area (Å²) in [7, 11) is 1.55. The van der Waals surface area contributed by atoms with Crippen LogP contribution in [0.3, 0.4) is 0 Å². The molecule has 3 rings (SSSR count). The molecule has 1 aliphatic rings. The van der Waals surface area contributed by atoms with Crippen LogP contribution in [-0.4, -0.2) is 19.7 Å². The van der Waals surface area contributed by atoms with Gasteiger partial charge >= 0.3 is 0 Å². The van der Waals surface area contributed by atoms with Crippen molar-refractivity contribution in [1.82, 2.24) is 0 Å². The molecule has 0 unspecified atom stereocenters. The van der Waals surface area contributed by atoms with Gasteiger partial charge in [0.1, 0.15) is 5.82 Å². The largest absolute Gasteiger partial charge is 0.454 e. The van der Waals surface area contributed by atoms with Gasteiger partial charge in [-0.3, -0.25) is 4.79 Å². The monoisotopic (exact) mass is 322 g/mol. The number of amides is 1. The SMILES string of the molecule is CN(C(=O)c1cc(Cl)cc(F)c1N)c1ccc2c(c1)OCO2. The van der Waals surface area contributed by atoms with E-state index in [4.69, 9.17) is 26.8 Å². The molecule has 0 aliphatic carbocycles. The van der Waals surface area contributed by atoms with Crippen molar-refractivity contribution < 1.29 is 18.7 Å². The van der Waals surface area contributed by atoms with E-state index in [1.54, 1.807) is 25.2 Å². The van der Waals surface area contributed by atoms with Crippen LogP contribution < -0.4 is 20.1 Å². The highest BCUT2D eigenvalue weighted by atomic mass is 35.5. The maximum atomic E-state index is 13.6. The standard InChI is InChI=1S/C15H12ClFN2O3/c1-19(9-2-3-12-13(6-9)22-7-21-12)15(20)10-4-8(16)5-11(17)14(10)18/h2-6H,7,18H2,1H3. The van der Waals surface area contributed by atoms with Crippen molar-refractivity contribution in [2.45, 2.75) is 0 Å². The minimum Gasteiger partial charge on any atom is -0.454 e. The van der Waals surface area contributed by atoms with E-state index in [2.05, 4.69) is 0 Å². The van der Waals surface area contributed by atoms with Gasteiger partial charge in [-0.2, -0.15) is 0 Å². The Bertz CT molecular complexity index is 767. The number of hydrogen-bond donors (Lipinski definition) is 1. The Kier molecular flexibility index (Phi) is 3.54. The molecular formula is C15H12ClFN2O3. The highest BCUT2D eigenvalue weighted by Crippen LogP contribution is 2.35. The number of rotatable bonds is 2. The summed E-state index contributed by atoms with van der Waals surface area (Å²) in [5, 5.41) is 0.106. The molecular weight excluding hydrogens is 311 g/mol. The number of anilines is 2. The summed E-state index contributed by atoms with van der Waals surface area (Å²) in [6, 6.07) is 7.46. The molecule has 1 heterocycles. The summed E-state index contributed by atoms with van der Waals surface area (Å²) in [5.41, 5.74) is 5.97. The lowest BCUT2D eigenvalue weighted by atomic mass is 10.1. The molecule has 114 valence electrons. The molecule has 2 N–H and O–H groups in total. The fourth-order valence-corrected chi connectivity index (χ4v) is 2.36. The number of nitrogen functional groups attached to an aromatic ring is 1. The molecule has 2 aromatic rings. The lowest BCUT2D eigenvalue weighted by molar-refractivity contribution is 0.0993. The van der Waals surface area contributed by atoms with Crippen molar-refractivity contribution in [3.05, 3.63) is 46.7 Å². The second kappa shape index (κ2) is 5.38. The van der Waals surface area contributed by atoms with E-state index < -0.39 is 11.7 Å². The Morgan fingerprint density at radius 3 is 2.77 bits per heavy atom. The van der Waals surface area contributed by atoms with Crippen LogP contribution in [0.15, 0.2) is 30.3 Å². The highest BCUT2D eigenvalue weighted by Gasteiger charge is 2.21. The smallest absolute Gasteiger partial charge is 0.260 e. The fourth-order valence-electron chi connectivity index (χ4n) is 2.15. The Balaban J connectivity index is 1.95. The summed E-state index contributed by atoms with van der Waals surface area (Å²) >= 11 is 5.79. The van der Waals surface area contributed by atoms with Gasteiger partial charge in [-0.05, 0) is 24.3 Å². The van der Waals surface area contributed by atoms with Gasteiger partial charge in [-0.1, -0.05) is 11.6 Å². The van der Waals surface area contributed by atoms with Crippen molar-refractivity contribution in [2.24, 2.45) is 0 Å². The van der Waals surface area contributed by atoms with Gasteiger partial charge in [0.25, 0.3) is 5.91 Å². The molecule has 1 aliphatic heterocycles. The van der Waals surface area contributed by atoms with Crippen LogP contribution in [-0.2, 0) is 0 Å². The van der Waals surface area contributed by atoms with Gasteiger partial charge in [0, 0.05) is 23.8 Å². The second-order valence-corrected chi connectivity index (χ2v) is 5.19. The maximum Gasteiger partial charge on any atom is 0.260 e. The topological polar surface area (TPSA) is 64.8 Å². The van der Waals surface area contributed by atoms with Crippen LogP contribution in [0.25, 0.3) is 0 Å². The number of ether oxygens (including phenoxy) is 2. The average Bonchev–Trinajstić information content (AvgIpc) is 2.96. The maximum absolute atomic E-state index is 13.6. The summed E-state index contributed by atoms with van der Waals surface area (Å²) in [6.45, 7) is 0.142. The number of nitrogens with two attached hydrogens (primary N) is 1. The van der Waals surface area contributed by atoms with E-state index >= 15 is 0 Å². The molecule has 1 amide bonds. The van der Waals surface area contributed by atoms with Gasteiger partial charge < -0.3 is 20.1 Å². The van der Waals surface area contributed by atoms with Crippen LogP contribution in [0.2, 0.25) is 5.02 Å². The molecule has 0 saturated heterocycles. The van der Waals surface area contributed by atoms with Crippen molar-refractivity contribution in [2.75, 3.05) is 24.5 Å². The Labute approximate surface area is 131 Å². The number of hydrogen-bond acceptors (Lipinski definition) is 4. The van der Waals surface area contributed by atoms with Crippen LogP contribution in [0.5, 0.6) is 11.5 Å². The number of nitrogens with zero attached hydrogens (tertiary/aromatic N) is 1. The minimum absolute atomic E-state index is 0.00478. The molecule has 7 heteroatoms. The summed E-state index contributed by atoms with van der Waals surface area (Å²) in [5.74, 6) is -0.0481. The molecule has 0 atom stereocenters. The third-order valence-electron chi connectivity index (χ3n) is 3.37. The predicted octanol–water partition coefficient (Wildman–Crippen LogP) is 3.07. The van der Waals surface area contributed by atoms with Crippen molar-refractivity contribution in [1.29, 1.82) is 0 Å². The van der Waals surface area contributed by atoms with E-state index in [0.29, 0.717) is 17.2 Å². The lowest BCUT2D eigenvalue weighted by Crippen LogP contribution is -2.27. The van der Waals surface area contributed by atoms with Gasteiger partial charge in [-0.25, -0.2) is 4.39 Å². The minimum atomic E-state index is -0.727. The third-order valence-corrected chi connectivity index (χ3v) is 3.59. The molecule has 0 bridgehead atoms. The van der Waals surface area contributed by atoms with Crippen molar-refractivity contribution in [3.63, 3.8) is 0 Å². The molecule has 0 saturated carbocycles. The molecule has 0 fully saturated rings. The summed E-state index contributed by atoms with van der Waals surface area (Å²) in [6.07, 6.45) is 0. The number of carbonyl (C=O) groups is 1. The molecule has 0 radical (unpaired) electrons. The summed E-state index contributed by atoms with van der Waals surface area (Å²) < 4.78 is 24.1. The van der Waals surface area contributed by atoms with E-state index in [0.717, 1.165) is 6.07 Å². The normalized spacial score (nSPS) is 12.3. The Morgan fingerprint density at radius 1 is 1.27 bits per heavy atom. The van der Waals surface area contributed by atoms with E-state index in [1.165, 1.54) is 11.0 Å². The number of halogens is 2. The number of benzene rings is 2. The lowest BCUT2D eigenvalue weighted by Gasteiger charge is -2.19. The van der Waals surface area contributed by atoms with E-state index in [1.807, 2.05) is 0 Å². The van der Waals surface area contributed by atoms with Crippen LogP contribution in [0.1, 0.15) is 10.4 Å². The van der Waals surface area contributed by atoms with Gasteiger partial charge in [0.15, 0.2) is 11.5 Å². The Morgan fingerprint density at radius 2 is 2.00 bits per heavy atom. The van der Waals surface area contributed by atoms with E-state index in [9.17, 15) is 9.18 Å². The molecule has 5 nitrogen and oxygen atoms in total. The second-order valence-electron chi connectivity index (χ2n) is 4.75. The van der Waals surface area contributed by atoms with E-state index in [-0.39, 0.29) is 23.1 Å². The molecule has 22 heavy (non-hydrogen) atoms. The molecule has 0 spiro atoms. The summed E-state index contributed by atoms with van der Waals surface area (Å²) in [4.78, 5) is 13.9. The van der Waals surface area contributed by atoms with Gasteiger partial charge in [0.2, 0.25) is 6.79 Å². The zero-order valence-corrected chi connectivity index (χ0v) is 12.4. The third kappa shape index (κ3) is 2.42. The van der Waals surface area contributed by atoms with Crippen molar-refractivity contribution in [3.8, 4) is 11.5 Å². The first-order valence-corrected chi connectivity index (χ1v) is 6.77. The average molecular weight is 323 g/mol. The van der Waals surface area contributed by atoms with Crippen LogP contribution in [0.4, 0.5) is 15.8 Å². The number of fused-ring (bicyclic) bond motifs is 1. The van der Waals surface area contributed by atoms with Gasteiger partial charge in [-0.15, -0.1) is 0 Å². The first kappa shape index (κ1) is 14.5. The van der Waals surface area contributed by atoms with Crippen LogP contribution >= 0.6 is 11.6 Å². The highest BCUT2D eigenvalue weighted by molar-refractivity contribution is 6.31. The first-order chi connectivity index (χ1) is 10.5. The fraction of sp³-hybridized carbons (Fsp3) is 0.133. The zero-order chi connectivity index (χ0) is 15.9. The number of carbonyl (C=O) groups excluding carboxylic acids is 1. The zero-order valence-electron chi connectivity index (χ0n) is 11.6. The predicted molar refractivity (Wildman–Crippen MR) is 81.1 cm³/mol. The molecule has 0 aromatic heterocycles. The van der Waals surface area contributed by atoms with Crippen LogP contribution in [0, 0.1) is 5.82 Å². The van der Waals surface area contributed by atoms with Gasteiger partial charge in [0.05, 0.1) is 11.3 Å². The Hall–Kier alpha value is -2.47. The quantitative estimate of drug-likeness (QED) is 0.863. The van der Waals surface area contributed by atoms with Crippen molar-refractivity contribution >= 4 is 28.9 Å².